The predicted molar refractivity (Wildman–Crippen MR) is 129 cm³/mol. The molecule has 0 radical (unpaired) electrons. The van der Waals surface area contributed by atoms with Crippen LogP contribution in [0.4, 0.5) is 0 Å². The summed E-state index contributed by atoms with van der Waals surface area (Å²) in [6, 6.07) is -2.61. The van der Waals surface area contributed by atoms with Crippen molar-refractivity contribution in [3.05, 3.63) is 0 Å². The second kappa shape index (κ2) is 14.7. The second-order valence-corrected chi connectivity index (χ2v) is 10.0. The Balaban J connectivity index is 1.86. The summed E-state index contributed by atoms with van der Waals surface area (Å²) < 4.78 is 33.5. The molecule has 0 unspecified atom stereocenters. The lowest BCUT2D eigenvalue weighted by Gasteiger charge is -2.49. The molecule has 238 valence electrons. The normalized spacial score (nSPS) is 45.2. The molecule has 41 heavy (non-hydrogen) atoms. The van der Waals surface area contributed by atoms with Crippen LogP contribution >= 0.6 is 0 Å². The molecule has 0 aromatic carbocycles. The average molecular weight is 601 g/mol. The van der Waals surface area contributed by atoms with Gasteiger partial charge in [0.2, 0.25) is 11.8 Å². The zero-order valence-corrected chi connectivity index (χ0v) is 22.6. The lowest BCUT2D eigenvalue weighted by molar-refractivity contribution is -0.361. The summed E-state index contributed by atoms with van der Waals surface area (Å²) in [5, 5.41) is 87.1. The Morgan fingerprint density at radius 3 is 1.46 bits per heavy atom. The summed E-state index contributed by atoms with van der Waals surface area (Å²) in [4.78, 5) is 23.8. The topological polar surface area (TPSA) is 275 Å². The molecular formula is C23H40N2O16. The van der Waals surface area contributed by atoms with Crippen LogP contribution in [-0.2, 0) is 38.0 Å². The van der Waals surface area contributed by atoms with Crippen LogP contribution in [0.25, 0.3) is 0 Å². The van der Waals surface area contributed by atoms with Crippen molar-refractivity contribution < 1.29 is 78.9 Å². The Bertz CT molecular complexity index is 868. The van der Waals surface area contributed by atoms with Gasteiger partial charge in [0.25, 0.3) is 0 Å². The minimum Gasteiger partial charge on any atom is -0.394 e. The summed E-state index contributed by atoms with van der Waals surface area (Å²) in [6.07, 6.45) is -20.0. The van der Waals surface area contributed by atoms with Crippen molar-refractivity contribution in [2.24, 2.45) is 0 Å². The third kappa shape index (κ3) is 7.48. The van der Waals surface area contributed by atoms with Crippen molar-refractivity contribution in [2.45, 2.75) is 106 Å². The van der Waals surface area contributed by atoms with Crippen molar-refractivity contribution in [1.82, 2.24) is 10.6 Å². The van der Waals surface area contributed by atoms with Crippen LogP contribution in [-0.4, -0.2) is 172 Å². The first kappa shape index (κ1) is 33.9. The van der Waals surface area contributed by atoms with Crippen LogP contribution in [0.1, 0.15) is 13.8 Å². The quantitative estimate of drug-likeness (QED) is 0.112. The number of hydrogen-bond donors (Lipinski definition) is 10. The summed E-state index contributed by atoms with van der Waals surface area (Å²) in [5.74, 6) is -1.19. The lowest BCUT2D eigenvalue weighted by atomic mass is 9.94. The third-order valence-electron chi connectivity index (χ3n) is 7.11. The number of methoxy groups -OCH3 is 1. The maximum Gasteiger partial charge on any atom is 0.217 e. The Hall–Kier alpha value is -1.62. The Morgan fingerprint density at radius 1 is 0.610 bits per heavy atom. The zero-order chi connectivity index (χ0) is 30.6. The molecule has 3 aliphatic heterocycles. The minimum atomic E-state index is -1.84. The third-order valence-corrected chi connectivity index (χ3v) is 7.11. The summed E-state index contributed by atoms with van der Waals surface area (Å²) in [7, 11) is 1.26. The summed E-state index contributed by atoms with van der Waals surface area (Å²) in [5.41, 5.74) is 0. The summed E-state index contributed by atoms with van der Waals surface area (Å²) >= 11 is 0. The van der Waals surface area contributed by atoms with E-state index in [1.807, 2.05) is 0 Å². The van der Waals surface area contributed by atoms with Gasteiger partial charge in [0, 0.05) is 21.0 Å². The molecule has 18 heteroatoms. The molecule has 3 heterocycles. The first-order chi connectivity index (χ1) is 19.4. The SMILES string of the molecule is CO[C@@H]1O[C@H](CO)[C@@H](O[C@@H]2O[C@H](CO)[C@@H](O[C@@H]3O[C@H](CO)[C@@H](O)[C@H](O)[C@@H]3O)[C@H](O)[C@H]2NC(C)=O)[C@H](O)[C@H]1NC(C)=O. The van der Waals surface area contributed by atoms with E-state index in [0.29, 0.717) is 0 Å². The molecule has 3 aliphatic rings. The number of aliphatic hydroxyl groups excluding tert-OH is 8. The van der Waals surface area contributed by atoms with Gasteiger partial charge in [-0.1, -0.05) is 0 Å². The van der Waals surface area contributed by atoms with Crippen LogP contribution in [0.2, 0.25) is 0 Å². The van der Waals surface area contributed by atoms with Gasteiger partial charge in [-0.15, -0.1) is 0 Å². The monoisotopic (exact) mass is 600 g/mol. The number of aliphatic hydroxyl groups is 8. The molecule has 0 aromatic heterocycles. The largest absolute Gasteiger partial charge is 0.394 e. The number of nitrogens with one attached hydrogen (secondary N) is 2. The molecule has 0 aromatic rings. The molecule has 18 nitrogen and oxygen atoms in total. The number of carbonyl (C=O) groups is 2. The fourth-order valence-corrected chi connectivity index (χ4v) is 5.05. The number of ether oxygens (including phenoxy) is 6. The number of hydrogen-bond acceptors (Lipinski definition) is 16. The molecule has 0 spiro atoms. The van der Waals surface area contributed by atoms with Crippen LogP contribution in [0.3, 0.4) is 0 Å². The van der Waals surface area contributed by atoms with Gasteiger partial charge in [-0.3, -0.25) is 9.59 Å². The molecular weight excluding hydrogens is 560 g/mol. The van der Waals surface area contributed by atoms with Gasteiger partial charge in [0.1, 0.15) is 73.1 Å². The van der Waals surface area contributed by atoms with E-state index in [9.17, 15) is 50.4 Å². The molecule has 2 amide bonds. The second-order valence-electron chi connectivity index (χ2n) is 10.0. The molecule has 15 atom stereocenters. The molecule has 3 rings (SSSR count). The van der Waals surface area contributed by atoms with Gasteiger partial charge in [0.15, 0.2) is 18.9 Å². The van der Waals surface area contributed by atoms with Crippen LogP contribution in [0.5, 0.6) is 0 Å². The number of rotatable bonds is 10. The highest BCUT2D eigenvalue weighted by Gasteiger charge is 2.54. The minimum absolute atomic E-state index is 0.533. The van der Waals surface area contributed by atoms with E-state index < -0.39 is 124 Å². The predicted octanol–water partition coefficient (Wildman–Crippen LogP) is -6.63. The molecule has 0 aliphatic carbocycles. The zero-order valence-electron chi connectivity index (χ0n) is 22.6. The highest BCUT2D eigenvalue weighted by Crippen LogP contribution is 2.32. The fourth-order valence-electron chi connectivity index (χ4n) is 5.05. The molecule has 3 fully saturated rings. The average Bonchev–Trinajstić information content (AvgIpc) is 2.93. The Morgan fingerprint density at radius 2 is 1.02 bits per heavy atom. The van der Waals surface area contributed by atoms with Crippen molar-refractivity contribution >= 4 is 11.8 Å². The Labute approximate surface area is 234 Å². The van der Waals surface area contributed by atoms with Crippen LogP contribution < -0.4 is 10.6 Å². The van der Waals surface area contributed by atoms with Gasteiger partial charge in [-0.25, -0.2) is 0 Å². The van der Waals surface area contributed by atoms with Crippen molar-refractivity contribution in [1.29, 1.82) is 0 Å². The highest BCUT2D eigenvalue weighted by atomic mass is 16.7. The molecule has 10 N–H and O–H groups in total. The van der Waals surface area contributed by atoms with Crippen molar-refractivity contribution in [2.75, 3.05) is 26.9 Å². The van der Waals surface area contributed by atoms with Gasteiger partial charge >= 0.3 is 0 Å². The van der Waals surface area contributed by atoms with Gasteiger partial charge in [-0.2, -0.15) is 0 Å². The lowest BCUT2D eigenvalue weighted by Crippen LogP contribution is -2.70. The molecule has 3 saturated heterocycles. The summed E-state index contributed by atoms with van der Waals surface area (Å²) in [6.45, 7) is 0.0896. The van der Waals surface area contributed by atoms with E-state index in [0.717, 1.165) is 6.92 Å². The van der Waals surface area contributed by atoms with E-state index in [1.54, 1.807) is 0 Å². The van der Waals surface area contributed by atoms with Crippen LogP contribution in [0.15, 0.2) is 0 Å². The highest BCUT2D eigenvalue weighted by molar-refractivity contribution is 5.73. The van der Waals surface area contributed by atoms with Crippen molar-refractivity contribution in [3.8, 4) is 0 Å². The van der Waals surface area contributed by atoms with Gasteiger partial charge in [-0.05, 0) is 0 Å². The van der Waals surface area contributed by atoms with Gasteiger partial charge < -0.3 is 79.9 Å². The maximum absolute atomic E-state index is 12.0. The molecule has 0 saturated carbocycles. The van der Waals surface area contributed by atoms with E-state index in [1.165, 1.54) is 14.0 Å². The Kier molecular flexibility index (Phi) is 12.2. The first-order valence-corrected chi connectivity index (χ1v) is 13.0. The van der Waals surface area contributed by atoms with Gasteiger partial charge in [0.05, 0.1) is 19.8 Å². The standard InChI is InChI=1S/C23H40N2O16/c1-7(29)24-12-15(32)19(10(5-27)38-21(12)36-3)40-22-13(25-8(2)30)16(33)20(11(6-28)39-22)41-23-18(35)17(34)14(31)9(4-26)37-23/h9-23,26-28,31-35H,4-6H2,1-3H3,(H,24,29)(H,25,30)/t9-,10-,11-,12-,13-,14-,15-,16-,17+,18+,19-,20-,21-,22+,23+/m1/s1. The van der Waals surface area contributed by atoms with E-state index >= 15 is 0 Å². The first-order valence-electron chi connectivity index (χ1n) is 13.0. The smallest absolute Gasteiger partial charge is 0.217 e. The van der Waals surface area contributed by atoms with E-state index in [4.69, 9.17) is 28.4 Å². The van der Waals surface area contributed by atoms with E-state index in [-0.39, 0.29) is 0 Å². The van der Waals surface area contributed by atoms with Crippen molar-refractivity contribution in [3.63, 3.8) is 0 Å². The van der Waals surface area contributed by atoms with Crippen LogP contribution in [0, 0.1) is 0 Å². The fraction of sp³-hybridized carbons (Fsp3) is 0.913. The van der Waals surface area contributed by atoms with E-state index in [2.05, 4.69) is 10.6 Å². The maximum atomic E-state index is 12.0. The number of carbonyl (C=O) groups excluding carboxylic acids is 2. The molecule has 0 bridgehead atoms. The number of amides is 2.